The lowest BCUT2D eigenvalue weighted by molar-refractivity contribution is -0.143. The van der Waals surface area contributed by atoms with Gasteiger partial charge in [0, 0.05) is 41.8 Å². The molecule has 16 nitrogen and oxygen atoms in total. The molecule has 0 aliphatic carbocycles. The van der Waals surface area contributed by atoms with E-state index in [0.29, 0.717) is 11.3 Å². The first-order valence-corrected chi connectivity index (χ1v) is 12.4. The molecule has 4 amide bonds. The number of hydrogen-bond acceptors (Lipinski definition) is 8. The predicted molar refractivity (Wildman–Crippen MR) is 142 cm³/mol. The van der Waals surface area contributed by atoms with Crippen molar-refractivity contribution in [2.24, 2.45) is 11.5 Å². The lowest BCUT2D eigenvalue weighted by Crippen LogP contribution is -2.58. The van der Waals surface area contributed by atoms with Crippen LogP contribution in [0.5, 0.6) is 0 Å². The van der Waals surface area contributed by atoms with Gasteiger partial charge in [-0.25, -0.2) is 9.78 Å². The molecular formula is C25H30N8O8. The highest BCUT2D eigenvalue weighted by Gasteiger charge is 2.32. The van der Waals surface area contributed by atoms with Gasteiger partial charge >= 0.3 is 11.9 Å². The zero-order valence-electron chi connectivity index (χ0n) is 21.6. The highest BCUT2D eigenvalue weighted by atomic mass is 16.4. The molecule has 0 saturated heterocycles. The summed E-state index contributed by atoms with van der Waals surface area (Å²) in [5.74, 6) is -6.88. The first-order chi connectivity index (χ1) is 19.4. The van der Waals surface area contributed by atoms with Gasteiger partial charge in [-0.1, -0.05) is 18.2 Å². The second-order valence-electron chi connectivity index (χ2n) is 9.24. The average molecular weight is 571 g/mol. The summed E-state index contributed by atoms with van der Waals surface area (Å²) in [6, 6.07) is 1.15. The number of para-hydroxylation sites is 1. The zero-order valence-corrected chi connectivity index (χ0v) is 21.6. The summed E-state index contributed by atoms with van der Waals surface area (Å²) < 4.78 is 0. The minimum absolute atomic E-state index is 0.00690. The van der Waals surface area contributed by atoms with Gasteiger partial charge in [-0.2, -0.15) is 0 Å². The van der Waals surface area contributed by atoms with Crippen LogP contribution in [0.3, 0.4) is 0 Å². The Bertz CT molecular complexity index is 1420. The van der Waals surface area contributed by atoms with E-state index >= 15 is 0 Å². The van der Waals surface area contributed by atoms with Crippen molar-refractivity contribution in [3.63, 3.8) is 0 Å². The lowest BCUT2D eigenvalue weighted by Gasteiger charge is -2.24. The summed E-state index contributed by atoms with van der Waals surface area (Å²) in [5.41, 5.74) is 13.0. The van der Waals surface area contributed by atoms with Crippen LogP contribution >= 0.6 is 0 Å². The maximum absolute atomic E-state index is 13.0. The number of carboxylic acid groups (broad SMARTS) is 2. The molecule has 0 saturated carbocycles. The fourth-order valence-electron chi connectivity index (χ4n) is 4.06. The second kappa shape index (κ2) is 13.7. The summed E-state index contributed by atoms with van der Waals surface area (Å²) in [4.78, 5) is 83.1. The number of nitrogens with zero attached hydrogens (tertiary/aromatic N) is 1. The van der Waals surface area contributed by atoms with Crippen molar-refractivity contribution < 1.29 is 39.0 Å². The van der Waals surface area contributed by atoms with E-state index in [-0.39, 0.29) is 12.8 Å². The molecule has 41 heavy (non-hydrogen) atoms. The Morgan fingerprint density at radius 3 is 2.10 bits per heavy atom. The highest BCUT2D eigenvalue weighted by Crippen LogP contribution is 2.19. The molecule has 0 radical (unpaired) electrons. The highest BCUT2D eigenvalue weighted by molar-refractivity contribution is 5.97. The van der Waals surface area contributed by atoms with Crippen molar-refractivity contribution in [3.05, 3.63) is 54.2 Å². The summed E-state index contributed by atoms with van der Waals surface area (Å²) in [5, 5.41) is 26.4. The van der Waals surface area contributed by atoms with E-state index < -0.39 is 72.6 Å². The maximum Gasteiger partial charge on any atom is 0.326 e. The molecule has 0 fully saturated rings. The Labute approximate surface area is 232 Å². The van der Waals surface area contributed by atoms with Crippen LogP contribution in [0.4, 0.5) is 0 Å². The van der Waals surface area contributed by atoms with Gasteiger partial charge < -0.3 is 47.6 Å². The van der Waals surface area contributed by atoms with E-state index in [1.807, 2.05) is 0 Å². The topological polar surface area (TPSA) is 275 Å². The molecule has 218 valence electrons. The molecular weight excluding hydrogens is 540 g/mol. The Balaban J connectivity index is 1.72. The summed E-state index contributed by atoms with van der Waals surface area (Å²) in [7, 11) is 0. The molecule has 1 aromatic carbocycles. The number of aromatic amines is 2. The number of carboxylic acids is 2. The Hall–Kier alpha value is -5.25. The van der Waals surface area contributed by atoms with Crippen molar-refractivity contribution in [3.8, 4) is 0 Å². The maximum atomic E-state index is 13.0. The molecule has 0 bridgehead atoms. The number of amides is 4. The number of nitrogens with one attached hydrogen (secondary N) is 5. The van der Waals surface area contributed by atoms with Crippen molar-refractivity contribution in [2.75, 3.05) is 0 Å². The number of imidazole rings is 1. The molecule has 4 unspecified atom stereocenters. The van der Waals surface area contributed by atoms with Crippen molar-refractivity contribution in [1.82, 2.24) is 30.9 Å². The molecule has 2 heterocycles. The number of carbonyl (C=O) groups is 6. The van der Waals surface area contributed by atoms with E-state index in [0.717, 1.165) is 10.9 Å². The van der Waals surface area contributed by atoms with Crippen LogP contribution < -0.4 is 27.4 Å². The van der Waals surface area contributed by atoms with Gasteiger partial charge in [-0.3, -0.25) is 24.0 Å². The molecule has 11 N–H and O–H groups in total. The van der Waals surface area contributed by atoms with Crippen LogP contribution in [0.2, 0.25) is 0 Å². The molecule has 0 spiro atoms. The number of primary amides is 1. The Kier molecular flexibility index (Phi) is 10.1. The van der Waals surface area contributed by atoms with E-state index in [1.54, 1.807) is 30.5 Å². The fourth-order valence-corrected chi connectivity index (χ4v) is 4.06. The summed E-state index contributed by atoms with van der Waals surface area (Å²) >= 11 is 0. The number of H-pyrrole nitrogens is 2. The lowest BCUT2D eigenvalue weighted by atomic mass is 10.0. The first-order valence-electron chi connectivity index (χ1n) is 12.4. The van der Waals surface area contributed by atoms with Gasteiger partial charge in [0.2, 0.25) is 23.6 Å². The molecule has 3 aromatic rings. The normalized spacial score (nSPS) is 13.9. The largest absolute Gasteiger partial charge is 0.481 e. The molecule has 4 atom stereocenters. The van der Waals surface area contributed by atoms with Crippen molar-refractivity contribution in [2.45, 2.75) is 49.9 Å². The van der Waals surface area contributed by atoms with Gasteiger partial charge in [0.1, 0.15) is 18.1 Å². The third-order valence-corrected chi connectivity index (χ3v) is 6.10. The molecule has 3 rings (SSSR count). The second-order valence-corrected chi connectivity index (χ2v) is 9.24. The summed E-state index contributed by atoms with van der Waals surface area (Å²) in [6.45, 7) is 0. The van der Waals surface area contributed by atoms with Crippen LogP contribution in [-0.2, 0) is 41.6 Å². The van der Waals surface area contributed by atoms with E-state index in [4.69, 9.17) is 11.5 Å². The zero-order chi connectivity index (χ0) is 30.1. The molecule has 0 aliphatic heterocycles. The smallest absolute Gasteiger partial charge is 0.326 e. The monoisotopic (exact) mass is 570 g/mol. The number of benzene rings is 1. The predicted octanol–water partition coefficient (Wildman–Crippen LogP) is -2.11. The first kappa shape index (κ1) is 30.3. The van der Waals surface area contributed by atoms with E-state index in [2.05, 4.69) is 30.9 Å². The third kappa shape index (κ3) is 8.62. The fraction of sp³-hybridized carbons (Fsp3) is 0.320. The minimum Gasteiger partial charge on any atom is -0.481 e. The summed E-state index contributed by atoms with van der Waals surface area (Å²) in [6.07, 6.45) is 2.68. The number of carbonyl (C=O) groups excluding carboxylic acids is 4. The van der Waals surface area contributed by atoms with Crippen LogP contribution in [0.15, 0.2) is 43.0 Å². The molecule has 0 aliphatic rings. The van der Waals surface area contributed by atoms with Gasteiger partial charge in [0.05, 0.1) is 25.2 Å². The number of nitrogens with two attached hydrogens (primary N) is 2. The SMILES string of the molecule is NC(=O)CC(NC(=O)C(CC(=O)O)NC(=O)C(N)Cc1cnc[nH]1)C(=O)NC(Cc1c[nH]c2ccccc12)C(=O)O. The van der Waals surface area contributed by atoms with Gasteiger partial charge in [0.15, 0.2) is 0 Å². The number of aromatic nitrogens is 3. The quantitative estimate of drug-likeness (QED) is 0.0959. The van der Waals surface area contributed by atoms with Crippen LogP contribution in [0.25, 0.3) is 10.9 Å². The Morgan fingerprint density at radius 2 is 1.49 bits per heavy atom. The number of fused-ring (bicyclic) bond motifs is 1. The molecule has 2 aromatic heterocycles. The Morgan fingerprint density at radius 1 is 0.854 bits per heavy atom. The average Bonchev–Trinajstić information content (AvgIpc) is 3.56. The van der Waals surface area contributed by atoms with Gasteiger partial charge in [0.25, 0.3) is 0 Å². The number of aliphatic carboxylic acids is 2. The van der Waals surface area contributed by atoms with Crippen molar-refractivity contribution in [1.29, 1.82) is 0 Å². The molecule has 16 heteroatoms. The third-order valence-electron chi connectivity index (χ3n) is 6.10. The number of rotatable bonds is 15. The van der Waals surface area contributed by atoms with E-state index in [9.17, 15) is 39.0 Å². The van der Waals surface area contributed by atoms with Crippen LogP contribution in [0.1, 0.15) is 24.1 Å². The van der Waals surface area contributed by atoms with E-state index in [1.165, 1.54) is 12.5 Å². The van der Waals surface area contributed by atoms with Crippen LogP contribution in [-0.4, -0.2) is 84.9 Å². The van der Waals surface area contributed by atoms with Crippen molar-refractivity contribution >= 4 is 46.5 Å². The van der Waals surface area contributed by atoms with Gasteiger partial charge in [-0.05, 0) is 11.6 Å². The van der Waals surface area contributed by atoms with Gasteiger partial charge in [-0.15, -0.1) is 0 Å². The number of hydrogen-bond donors (Lipinski definition) is 9. The standard InChI is InChI=1S/C25H30N8O8/c26-15(6-13-10-28-11-30-13)22(37)31-18(8-21(35)36)24(39)32-17(7-20(27)34)23(38)33-19(25(40)41)5-12-9-29-16-4-2-1-3-14(12)16/h1-4,9-11,15,17-19,29H,5-8,26H2,(H2,27,34)(H,28,30)(H,31,37)(H,32,39)(H,33,38)(H,35,36)(H,40,41). The van der Waals surface area contributed by atoms with Crippen LogP contribution in [0, 0.1) is 0 Å². The minimum atomic E-state index is -1.68.